The topological polar surface area (TPSA) is 0 Å². The van der Waals surface area contributed by atoms with Gasteiger partial charge in [0.1, 0.15) is 0 Å². The van der Waals surface area contributed by atoms with E-state index in [0.29, 0.717) is 5.92 Å². The van der Waals surface area contributed by atoms with Gasteiger partial charge in [-0.25, -0.2) is 0 Å². The van der Waals surface area contributed by atoms with E-state index in [1.54, 1.807) is 11.1 Å². The predicted octanol–water partition coefficient (Wildman–Crippen LogP) is 5.82. The van der Waals surface area contributed by atoms with E-state index in [1.165, 1.54) is 69.8 Å². The number of rotatable bonds is 2. The Bertz CT molecular complexity index is 416. The first-order valence-corrected chi connectivity index (χ1v) is 8.54. The van der Waals surface area contributed by atoms with Crippen LogP contribution in [0.15, 0.2) is 18.2 Å². The molecule has 2 aliphatic carbocycles. The normalized spacial score (nSPS) is 22.6. The molecule has 104 valence electrons. The van der Waals surface area contributed by atoms with Gasteiger partial charge in [-0.05, 0) is 54.7 Å². The van der Waals surface area contributed by atoms with E-state index in [9.17, 15) is 0 Å². The summed E-state index contributed by atoms with van der Waals surface area (Å²) in [5.41, 5.74) is 4.51. The summed E-state index contributed by atoms with van der Waals surface area (Å²) < 4.78 is 0. The molecule has 0 aliphatic heterocycles. The van der Waals surface area contributed by atoms with Crippen molar-refractivity contribution < 1.29 is 0 Å². The van der Waals surface area contributed by atoms with Crippen LogP contribution in [0.25, 0.3) is 0 Å². The van der Waals surface area contributed by atoms with E-state index >= 15 is 0 Å². The first-order valence-electron chi connectivity index (χ1n) is 8.10. The zero-order valence-electron chi connectivity index (χ0n) is 11.8. The lowest BCUT2D eigenvalue weighted by Gasteiger charge is -2.25. The number of hydrogen-bond donors (Lipinski definition) is 0. The van der Waals surface area contributed by atoms with E-state index in [4.69, 9.17) is 11.6 Å². The average Bonchev–Trinajstić information content (AvgIpc) is 2.84. The lowest BCUT2D eigenvalue weighted by atomic mass is 9.86. The molecule has 1 aromatic carbocycles. The van der Waals surface area contributed by atoms with Crippen molar-refractivity contribution in [2.45, 2.75) is 69.6 Å². The highest BCUT2D eigenvalue weighted by Crippen LogP contribution is 2.38. The summed E-state index contributed by atoms with van der Waals surface area (Å²) in [6.45, 7) is 0. The van der Waals surface area contributed by atoms with Gasteiger partial charge < -0.3 is 0 Å². The van der Waals surface area contributed by atoms with Crippen molar-refractivity contribution >= 4 is 11.6 Å². The molecular weight excluding hydrogens is 252 g/mol. The van der Waals surface area contributed by atoms with E-state index in [1.807, 2.05) is 0 Å². The zero-order chi connectivity index (χ0) is 13.1. The van der Waals surface area contributed by atoms with E-state index in [0.717, 1.165) is 0 Å². The highest BCUT2D eigenvalue weighted by Gasteiger charge is 2.23. The van der Waals surface area contributed by atoms with Crippen molar-refractivity contribution in [2.75, 3.05) is 0 Å². The minimum absolute atomic E-state index is 0.240. The summed E-state index contributed by atoms with van der Waals surface area (Å²) in [7, 11) is 0. The summed E-state index contributed by atoms with van der Waals surface area (Å²) in [6.07, 6.45) is 13.5. The van der Waals surface area contributed by atoms with Gasteiger partial charge in [0.15, 0.2) is 0 Å². The Labute approximate surface area is 122 Å². The molecule has 1 unspecified atom stereocenters. The van der Waals surface area contributed by atoms with Gasteiger partial charge in [-0.3, -0.25) is 0 Å². The van der Waals surface area contributed by atoms with Crippen LogP contribution in [0.1, 0.15) is 73.4 Å². The molecule has 1 fully saturated rings. The highest BCUT2D eigenvalue weighted by atomic mass is 35.5. The van der Waals surface area contributed by atoms with Crippen LogP contribution in [-0.2, 0) is 12.8 Å². The monoisotopic (exact) mass is 276 g/mol. The number of benzene rings is 1. The Hall–Kier alpha value is -0.490. The Morgan fingerprint density at radius 1 is 0.842 bits per heavy atom. The van der Waals surface area contributed by atoms with Gasteiger partial charge in [0, 0.05) is 0 Å². The van der Waals surface area contributed by atoms with Crippen molar-refractivity contribution in [1.29, 1.82) is 0 Å². The van der Waals surface area contributed by atoms with Gasteiger partial charge >= 0.3 is 0 Å². The van der Waals surface area contributed by atoms with Gasteiger partial charge in [0.25, 0.3) is 0 Å². The zero-order valence-corrected chi connectivity index (χ0v) is 12.6. The molecule has 1 aromatic rings. The predicted molar refractivity (Wildman–Crippen MR) is 82.9 cm³/mol. The minimum atomic E-state index is 0.240. The first-order chi connectivity index (χ1) is 9.34. The molecule has 0 spiro atoms. The standard InChI is InChI=1S/C18H25Cl/c19-18(15-7-4-2-1-3-5-8-15)17-12-11-14-9-6-10-16(14)13-17/h11-13,15,18H,1-10H2. The van der Waals surface area contributed by atoms with E-state index in [-0.39, 0.29) is 5.38 Å². The number of alkyl halides is 1. The Kier molecular flexibility index (Phi) is 4.48. The average molecular weight is 277 g/mol. The van der Waals surface area contributed by atoms with Gasteiger partial charge in [-0.2, -0.15) is 0 Å². The second-order valence-corrected chi connectivity index (χ2v) is 6.86. The van der Waals surface area contributed by atoms with Crippen molar-refractivity contribution in [3.63, 3.8) is 0 Å². The van der Waals surface area contributed by atoms with Crippen LogP contribution in [0, 0.1) is 5.92 Å². The lowest BCUT2D eigenvalue weighted by molar-refractivity contribution is 0.368. The Morgan fingerprint density at radius 3 is 2.32 bits per heavy atom. The molecule has 1 heteroatoms. The van der Waals surface area contributed by atoms with Gasteiger partial charge in [0.05, 0.1) is 5.38 Å². The number of fused-ring (bicyclic) bond motifs is 1. The summed E-state index contributed by atoms with van der Waals surface area (Å²) in [5, 5.41) is 0.240. The molecule has 1 saturated carbocycles. The van der Waals surface area contributed by atoms with Crippen LogP contribution in [0.5, 0.6) is 0 Å². The number of hydrogen-bond acceptors (Lipinski definition) is 0. The van der Waals surface area contributed by atoms with Crippen molar-refractivity contribution in [1.82, 2.24) is 0 Å². The third-order valence-corrected chi connectivity index (χ3v) is 5.61. The maximum atomic E-state index is 6.81. The molecule has 0 amide bonds. The molecule has 0 heterocycles. The lowest BCUT2D eigenvalue weighted by Crippen LogP contribution is -2.10. The molecule has 0 bridgehead atoms. The van der Waals surface area contributed by atoms with E-state index < -0.39 is 0 Å². The fourth-order valence-corrected chi connectivity index (χ4v) is 4.20. The van der Waals surface area contributed by atoms with Crippen molar-refractivity contribution in [3.8, 4) is 0 Å². The summed E-state index contributed by atoms with van der Waals surface area (Å²) in [6, 6.07) is 7.02. The molecule has 19 heavy (non-hydrogen) atoms. The van der Waals surface area contributed by atoms with E-state index in [2.05, 4.69) is 18.2 Å². The largest absolute Gasteiger partial charge is 0.118 e. The van der Waals surface area contributed by atoms with Crippen molar-refractivity contribution in [3.05, 3.63) is 34.9 Å². The maximum absolute atomic E-state index is 6.81. The second kappa shape index (κ2) is 6.31. The summed E-state index contributed by atoms with van der Waals surface area (Å²) >= 11 is 6.81. The first kappa shape index (κ1) is 13.5. The molecule has 0 nitrogen and oxygen atoms in total. The molecular formula is C18H25Cl. The molecule has 0 aromatic heterocycles. The molecule has 3 rings (SSSR count). The van der Waals surface area contributed by atoms with Gasteiger partial charge in [-0.15, -0.1) is 11.6 Å². The minimum Gasteiger partial charge on any atom is -0.118 e. The second-order valence-electron chi connectivity index (χ2n) is 6.39. The van der Waals surface area contributed by atoms with Crippen LogP contribution in [0.4, 0.5) is 0 Å². The smallest absolute Gasteiger partial charge is 0.0613 e. The third kappa shape index (κ3) is 3.16. The quantitative estimate of drug-likeness (QED) is 0.598. The number of halogens is 1. The number of aryl methyl sites for hydroxylation is 2. The molecule has 0 radical (unpaired) electrons. The fourth-order valence-electron chi connectivity index (χ4n) is 3.82. The fraction of sp³-hybridized carbons (Fsp3) is 0.667. The van der Waals surface area contributed by atoms with Crippen LogP contribution < -0.4 is 0 Å². The highest BCUT2D eigenvalue weighted by molar-refractivity contribution is 6.21. The van der Waals surface area contributed by atoms with Crippen LogP contribution in [0.2, 0.25) is 0 Å². The molecule has 2 aliphatic rings. The third-order valence-electron chi connectivity index (χ3n) is 5.00. The summed E-state index contributed by atoms with van der Waals surface area (Å²) in [5.74, 6) is 0.696. The SMILES string of the molecule is ClC(c1ccc2c(c1)CCC2)C1CCCCCCC1. The van der Waals surface area contributed by atoms with Crippen LogP contribution >= 0.6 is 11.6 Å². The maximum Gasteiger partial charge on any atom is 0.0613 e. The van der Waals surface area contributed by atoms with Crippen LogP contribution in [-0.4, -0.2) is 0 Å². The van der Waals surface area contributed by atoms with Crippen molar-refractivity contribution in [2.24, 2.45) is 5.92 Å². The summed E-state index contributed by atoms with van der Waals surface area (Å²) in [4.78, 5) is 0. The Morgan fingerprint density at radius 2 is 1.53 bits per heavy atom. The van der Waals surface area contributed by atoms with Crippen LogP contribution in [0.3, 0.4) is 0 Å². The van der Waals surface area contributed by atoms with Gasteiger partial charge in [-0.1, -0.05) is 50.3 Å². The van der Waals surface area contributed by atoms with Gasteiger partial charge in [0.2, 0.25) is 0 Å². The molecule has 0 N–H and O–H groups in total. The molecule has 1 atom stereocenters. The Balaban J connectivity index is 1.72. The molecule has 0 saturated heterocycles.